The second-order valence-electron chi connectivity index (χ2n) is 6.06. The van der Waals surface area contributed by atoms with Gasteiger partial charge in [-0.1, -0.05) is 24.3 Å². The lowest BCUT2D eigenvalue weighted by molar-refractivity contribution is -0.130. The van der Waals surface area contributed by atoms with Gasteiger partial charge in [-0.25, -0.2) is 0 Å². The number of para-hydroxylation sites is 1. The molecule has 2 aromatic carbocycles. The Bertz CT molecular complexity index is 724. The molecule has 0 bridgehead atoms. The third-order valence-corrected chi connectivity index (χ3v) is 4.59. The summed E-state index contributed by atoms with van der Waals surface area (Å²) >= 11 is 0. The molecule has 1 heterocycles. The van der Waals surface area contributed by atoms with Gasteiger partial charge in [0.1, 0.15) is 11.5 Å². The summed E-state index contributed by atoms with van der Waals surface area (Å²) in [4.78, 5) is 16.8. The Labute approximate surface area is 148 Å². The lowest BCUT2D eigenvalue weighted by atomic mass is 10.1. The summed E-state index contributed by atoms with van der Waals surface area (Å²) in [6.45, 7) is 3.10. The van der Waals surface area contributed by atoms with Crippen molar-refractivity contribution < 1.29 is 14.3 Å². The number of rotatable bonds is 5. The van der Waals surface area contributed by atoms with Gasteiger partial charge in [0.15, 0.2) is 0 Å². The molecule has 5 heteroatoms. The van der Waals surface area contributed by atoms with Crippen molar-refractivity contribution in [1.29, 1.82) is 0 Å². The summed E-state index contributed by atoms with van der Waals surface area (Å²) in [7, 11) is 3.31. The molecule has 132 valence electrons. The van der Waals surface area contributed by atoms with Crippen LogP contribution in [0.15, 0.2) is 48.5 Å². The van der Waals surface area contributed by atoms with Crippen LogP contribution in [-0.4, -0.2) is 51.2 Å². The normalized spacial score (nSPS) is 14.3. The summed E-state index contributed by atoms with van der Waals surface area (Å²) in [5.74, 6) is 1.77. The minimum atomic E-state index is 0.148. The maximum Gasteiger partial charge on any atom is 0.227 e. The Hall–Kier alpha value is -2.69. The van der Waals surface area contributed by atoms with Crippen molar-refractivity contribution in [2.45, 2.75) is 6.42 Å². The number of piperazine rings is 1. The van der Waals surface area contributed by atoms with E-state index in [2.05, 4.69) is 11.0 Å². The standard InChI is InChI=1S/C20H24N2O3/c1-24-18-8-5-7-17(15-18)21-10-12-22(13-11-21)20(23)14-16-6-3-4-9-19(16)25-2/h3-9,15H,10-14H2,1-2H3. The molecule has 0 atom stereocenters. The minimum absolute atomic E-state index is 0.148. The fourth-order valence-corrected chi connectivity index (χ4v) is 3.14. The van der Waals surface area contributed by atoms with Crippen molar-refractivity contribution in [2.75, 3.05) is 45.3 Å². The third-order valence-electron chi connectivity index (χ3n) is 4.59. The molecule has 0 saturated carbocycles. The van der Waals surface area contributed by atoms with Gasteiger partial charge >= 0.3 is 0 Å². The smallest absolute Gasteiger partial charge is 0.227 e. The van der Waals surface area contributed by atoms with Crippen LogP contribution in [0.2, 0.25) is 0 Å². The molecule has 1 aliphatic rings. The molecule has 25 heavy (non-hydrogen) atoms. The van der Waals surface area contributed by atoms with E-state index >= 15 is 0 Å². The van der Waals surface area contributed by atoms with Gasteiger partial charge in [-0.3, -0.25) is 4.79 Å². The number of ether oxygens (including phenoxy) is 2. The number of nitrogens with zero attached hydrogens (tertiary/aromatic N) is 2. The van der Waals surface area contributed by atoms with Gasteiger partial charge in [-0.2, -0.15) is 0 Å². The Morgan fingerprint density at radius 2 is 1.72 bits per heavy atom. The van der Waals surface area contributed by atoms with Gasteiger partial charge in [-0.05, 0) is 18.2 Å². The zero-order valence-electron chi connectivity index (χ0n) is 14.8. The highest BCUT2D eigenvalue weighted by Crippen LogP contribution is 2.23. The molecule has 5 nitrogen and oxygen atoms in total. The van der Waals surface area contributed by atoms with Gasteiger partial charge in [0.25, 0.3) is 0 Å². The predicted molar refractivity (Wildman–Crippen MR) is 98.5 cm³/mol. The number of benzene rings is 2. The molecule has 0 spiro atoms. The van der Waals surface area contributed by atoms with E-state index in [4.69, 9.17) is 9.47 Å². The summed E-state index contributed by atoms with van der Waals surface area (Å²) in [6.07, 6.45) is 0.378. The number of hydrogen-bond donors (Lipinski definition) is 0. The van der Waals surface area contributed by atoms with Crippen molar-refractivity contribution in [2.24, 2.45) is 0 Å². The zero-order valence-corrected chi connectivity index (χ0v) is 14.8. The van der Waals surface area contributed by atoms with Gasteiger partial charge < -0.3 is 19.3 Å². The van der Waals surface area contributed by atoms with E-state index in [1.165, 1.54) is 0 Å². The topological polar surface area (TPSA) is 42.0 Å². The molecule has 3 rings (SSSR count). The molecule has 0 aromatic heterocycles. The van der Waals surface area contributed by atoms with E-state index in [0.29, 0.717) is 6.42 Å². The summed E-state index contributed by atoms with van der Waals surface area (Å²) < 4.78 is 10.6. The maximum absolute atomic E-state index is 12.6. The van der Waals surface area contributed by atoms with Gasteiger partial charge in [-0.15, -0.1) is 0 Å². The third kappa shape index (κ3) is 4.05. The average Bonchev–Trinajstić information content (AvgIpc) is 2.68. The van der Waals surface area contributed by atoms with Crippen molar-refractivity contribution in [3.05, 3.63) is 54.1 Å². The Morgan fingerprint density at radius 3 is 2.44 bits per heavy atom. The molecule has 1 amide bonds. The first-order chi connectivity index (χ1) is 12.2. The van der Waals surface area contributed by atoms with Crippen LogP contribution >= 0.6 is 0 Å². The molecule has 1 saturated heterocycles. The molecule has 1 fully saturated rings. The number of methoxy groups -OCH3 is 2. The van der Waals surface area contributed by atoms with Gasteiger partial charge in [0.05, 0.1) is 20.6 Å². The van der Waals surface area contributed by atoms with E-state index in [0.717, 1.165) is 48.9 Å². The summed E-state index contributed by atoms with van der Waals surface area (Å²) in [5, 5.41) is 0. The fourth-order valence-electron chi connectivity index (χ4n) is 3.14. The van der Waals surface area contributed by atoms with Crippen molar-refractivity contribution in [3.63, 3.8) is 0 Å². The van der Waals surface area contributed by atoms with E-state index in [1.54, 1.807) is 14.2 Å². The van der Waals surface area contributed by atoms with Crippen LogP contribution in [0.5, 0.6) is 11.5 Å². The summed E-state index contributed by atoms with van der Waals surface area (Å²) in [6, 6.07) is 15.7. The van der Waals surface area contributed by atoms with E-state index in [-0.39, 0.29) is 5.91 Å². The molecule has 2 aromatic rings. The number of amides is 1. The highest BCUT2D eigenvalue weighted by Gasteiger charge is 2.22. The van der Waals surface area contributed by atoms with E-state index < -0.39 is 0 Å². The number of anilines is 1. The zero-order chi connectivity index (χ0) is 17.6. The van der Waals surface area contributed by atoms with Crippen LogP contribution in [0.1, 0.15) is 5.56 Å². The minimum Gasteiger partial charge on any atom is -0.497 e. The second-order valence-corrected chi connectivity index (χ2v) is 6.06. The predicted octanol–water partition coefficient (Wildman–Crippen LogP) is 2.60. The van der Waals surface area contributed by atoms with Crippen molar-refractivity contribution in [1.82, 2.24) is 4.90 Å². The van der Waals surface area contributed by atoms with E-state index in [9.17, 15) is 4.79 Å². The molecule has 0 N–H and O–H groups in total. The fraction of sp³-hybridized carbons (Fsp3) is 0.350. The SMILES string of the molecule is COc1cccc(N2CCN(C(=O)Cc3ccccc3OC)CC2)c1. The first-order valence-corrected chi connectivity index (χ1v) is 8.50. The van der Waals surface area contributed by atoms with Crippen LogP contribution in [0.3, 0.4) is 0 Å². The molecule has 0 aliphatic carbocycles. The first kappa shape index (κ1) is 17.1. The van der Waals surface area contributed by atoms with Crippen LogP contribution in [0, 0.1) is 0 Å². The van der Waals surface area contributed by atoms with Crippen LogP contribution in [0.4, 0.5) is 5.69 Å². The first-order valence-electron chi connectivity index (χ1n) is 8.50. The highest BCUT2D eigenvalue weighted by molar-refractivity contribution is 5.79. The Balaban J connectivity index is 1.59. The molecular weight excluding hydrogens is 316 g/mol. The monoisotopic (exact) mass is 340 g/mol. The molecule has 0 unspecified atom stereocenters. The van der Waals surface area contributed by atoms with Crippen LogP contribution in [-0.2, 0) is 11.2 Å². The van der Waals surface area contributed by atoms with Crippen molar-refractivity contribution >= 4 is 11.6 Å². The van der Waals surface area contributed by atoms with Gasteiger partial charge in [0.2, 0.25) is 5.91 Å². The number of carbonyl (C=O) groups excluding carboxylic acids is 1. The molecular formula is C20H24N2O3. The Morgan fingerprint density at radius 1 is 0.960 bits per heavy atom. The van der Waals surface area contributed by atoms with Gasteiger partial charge in [0, 0.05) is 43.5 Å². The average molecular weight is 340 g/mol. The quantitative estimate of drug-likeness (QED) is 0.839. The number of hydrogen-bond acceptors (Lipinski definition) is 4. The number of carbonyl (C=O) groups is 1. The summed E-state index contributed by atoms with van der Waals surface area (Å²) in [5.41, 5.74) is 2.07. The highest BCUT2D eigenvalue weighted by atomic mass is 16.5. The largest absolute Gasteiger partial charge is 0.497 e. The second kappa shape index (κ2) is 7.92. The van der Waals surface area contributed by atoms with Crippen molar-refractivity contribution in [3.8, 4) is 11.5 Å². The van der Waals surface area contributed by atoms with E-state index in [1.807, 2.05) is 47.4 Å². The lowest BCUT2D eigenvalue weighted by Gasteiger charge is -2.36. The van der Waals surface area contributed by atoms with Crippen LogP contribution in [0.25, 0.3) is 0 Å². The Kier molecular flexibility index (Phi) is 5.43. The maximum atomic E-state index is 12.6. The molecule has 0 radical (unpaired) electrons. The van der Waals surface area contributed by atoms with Crippen LogP contribution < -0.4 is 14.4 Å². The molecule has 1 aliphatic heterocycles. The lowest BCUT2D eigenvalue weighted by Crippen LogP contribution is -2.49.